The molecule has 0 atom stereocenters. The van der Waals surface area contributed by atoms with Gasteiger partial charge in [0.1, 0.15) is 46.5 Å². The lowest BCUT2D eigenvalue weighted by molar-refractivity contribution is 0.544. The van der Waals surface area contributed by atoms with E-state index >= 15 is 0 Å². The van der Waals surface area contributed by atoms with E-state index in [1.807, 2.05) is 0 Å². The monoisotopic (exact) mass is 459 g/mol. The Morgan fingerprint density at radius 1 is 0.606 bits per heavy atom. The first-order valence-electron chi connectivity index (χ1n) is 10.2. The first-order chi connectivity index (χ1) is 15.7. The number of allylic oxidation sites excluding steroid dienone is 1. The zero-order chi connectivity index (χ0) is 24.1. The fraction of sp³-hybridized carbons (Fsp3) is 0.192. The average molecular weight is 459 g/mol. The molecule has 0 spiro atoms. The molecule has 0 N–H and O–H groups in total. The van der Waals surface area contributed by atoms with Crippen molar-refractivity contribution in [1.29, 1.82) is 5.26 Å². The lowest BCUT2D eigenvalue weighted by Gasteiger charge is -2.11. The third-order valence-corrected chi connectivity index (χ3v) is 5.32. The van der Waals surface area contributed by atoms with E-state index < -0.39 is 40.5 Å². The quantitative estimate of drug-likeness (QED) is 0.272. The molecule has 3 aromatic rings. The lowest BCUT2D eigenvalue weighted by atomic mass is 9.97. The van der Waals surface area contributed by atoms with Gasteiger partial charge in [-0.1, -0.05) is 6.08 Å². The van der Waals surface area contributed by atoms with Gasteiger partial charge in [0.2, 0.25) is 0 Å². The minimum absolute atomic E-state index is 0.00874. The smallest absolute Gasteiger partial charge is 0.144 e. The van der Waals surface area contributed by atoms with E-state index in [4.69, 9.17) is 5.26 Å². The van der Waals surface area contributed by atoms with E-state index in [2.05, 4.69) is 6.58 Å². The molecule has 7 heteroatoms. The highest BCUT2D eigenvalue weighted by atomic mass is 19.2. The highest BCUT2D eigenvalue weighted by molar-refractivity contribution is 5.36. The normalized spacial score (nSPS) is 10.8. The largest absolute Gasteiger partial charge is 0.207 e. The van der Waals surface area contributed by atoms with Crippen LogP contribution in [0.1, 0.15) is 33.4 Å². The Hall–Kier alpha value is -3.53. The molecule has 0 unspecified atom stereocenters. The zero-order valence-electron chi connectivity index (χ0n) is 17.5. The summed E-state index contributed by atoms with van der Waals surface area (Å²) < 4.78 is 85.0. The summed E-state index contributed by atoms with van der Waals surface area (Å²) in [5.74, 6) is -5.26. The number of benzene rings is 3. The van der Waals surface area contributed by atoms with E-state index in [1.54, 1.807) is 0 Å². The van der Waals surface area contributed by atoms with Crippen LogP contribution >= 0.6 is 0 Å². The van der Waals surface area contributed by atoms with Crippen LogP contribution < -0.4 is 0 Å². The number of halogens is 6. The predicted octanol–water partition coefficient (Wildman–Crippen LogP) is 6.69. The summed E-state index contributed by atoms with van der Waals surface area (Å²) in [7, 11) is 0. The lowest BCUT2D eigenvalue weighted by Crippen LogP contribution is -2.04. The molecule has 0 aliphatic rings. The standard InChI is InChI=1S/C26H19F6N/c1-2-3-15-8-21(27)18(22(28)9-15)6-4-16-10-23(29)19(24(30)11-16)7-5-17-12-25(31)20(14-33)26(32)13-17/h2,8-13H,1,3-7H2. The molecule has 0 radical (unpaired) electrons. The van der Waals surface area contributed by atoms with E-state index in [0.717, 1.165) is 24.3 Å². The molecule has 170 valence electrons. The average Bonchev–Trinajstić information content (AvgIpc) is 2.72. The fourth-order valence-electron chi connectivity index (χ4n) is 3.63. The summed E-state index contributed by atoms with van der Waals surface area (Å²) in [4.78, 5) is 0. The van der Waals surface area contributed by atoms with Gasteiger partial charge in [-0.2, -0.15) is 5.26 Å². The topological polar surface area (TPSA) is 23.8 Å². The van der Waals surface area contributed by atoms with Gasteiger partial charge >= 0.3 is 0 Å². The van der Waals surface area contributed by atoms with E-state index in [9.17, 15) is 26.3 Å². The maximum Gasteiger partial charge on any atom is 0.144 e. The number of nitriles is 1. The molecule has 3 aromatic carbocycles. The van der Waals surface area contributed by atoms with Gasteiger partial charge in [-0.05, 0) is 85.2 Å². The molecular formula is C26H19F6N. The van der Waals surface area contributed by atoms with E-state index in [0.29, 0.717) is 12.0 Å². The second kappa shape index (κ2) is 10.4. The zero-order valence-corrected chi connectivity index (χ0v) is 17.5. The molecule has 0 fully saturated rings. The molecule has 0 aliphatic heterocycles. The molecule has 3 rings (SSSR count). The second-order valence-corrected chi connectivity index (χ2v) is 7.62. The highest BCUT2D eigenvalue weighted by Gasteiger charge is 2.16. The van der Waals surface area contributed by atoms with Gasteiger partial charge < -0.3 is 0 Å². The van der Waals surface area contributed by atoms with Crippen LogP contribution in [0.3, 0.4) is 0 Å². The van der Waals surface area contributed by atoms with Crippen LogP contribution in [0.4, 0.5) is 26.3 Å². The fourth-order valence-corrected chi connectivity index (χ4v) is 3.63. The van der Waals surface area contributed by atoms with Crippen LogP contribution in [-0.4, -0.2) is 0 Å². The molecular weight excluding hydrogens is 440 g/mol. The van der Waals surface area contributed by atoms with Gasteiger partial charge in [0, 0.05) is 11.1 Å². The Balaban J connectivity index is 1.72. The Morgan fingerprint density at radius 3 is 1.33 bits per heavy atom. The SMILES string of the molecule is C=CCc1cc(F)c(CCc2cc(F)c(CCc3cc(F)c(C#N)c(F)c3)c(F)c2)c(F)c1. The number of aryl methyl sites for hydroxylation is 2. The van der Waals surface area contributed by atoms with Crippen molar-refractivity contribution in [2.45, 2.75) is 32.1 Å². The van der Waals surface area contributed by atoms with E-state index in [-0.39, 0.29) is 47.9 Å². The minimum Gasteiger partial charge on any atom is -0.207 e. The molecule has 0 saturated carbocycles. The van der Waals surface area contributed by atoms with Crippen molar-refractivity contribution < 1.29 is 26.3 Å². The van der Waals surface area contributed by atoms with Crippen molar-refractivity contribution in [2.75, 3.05) is 0 Å². The van der Waals surface area contributed by atoms with Gasteiger partial charge in [0.05, 0.1) is 0 Å². The van der Waals surface area contributed by atoms with Crippen molar-refractivity contribution in [2.24, 2.45) is 0 Å². The van der Waals surface area contributed by atoms with Crippen molar-refractivity contribution in [3.8, 4) is 6.07 Å². The Bertz CT molecular complexity index is 1170. The minimum atomic E-state index is -1.04. The first-order valence-corrected chi connectivity index (χ1v) is 10.2. The van der Waals surface area contributed by atoms with Gasteiger partial charge in [-0.3, -0.25) is 0 Å². The van der Waals surface area contributed by atoms with Crippen LogP contribution in [-0.2, 0) is 32.1 Å². The van der Waals surface area contributed by atoms with Gasteiger partial charge in [0.15, 0.2) is 0 Å². The molecule has 0 saturated heterocycles. The van der Waals surface area contributed by atoms with Crippen molar-refractivity contribution in [3.63, 3.8) is 0 Å². The molecule has 0 aliphatic carbocycles. The van der Waals surface area contributed by atoms with Crippen molar-refractivity contribution in [1.82, 2.24) is 0 Å². The summed E-state index contributed by atoms with van der Waals surface area (Å²) in [5, 5.41) is 8.70. The van der Waals surface area contributed by atoms with E-state index in [1.165, 1.54) is 24.3 Å². The van der Waals surface area contributed by atoms with Crippen LogP contribution in [0.2, 0.25) is 0 Å². The second-order valence-electron chi connectivity index (χ2n) is 7.62. The first kappa shape index (κ1) is 24.1. The number of nitrogens with zero attached hydrogens (tertiary/aromatic N) is 1. The summed E-state index contributed by atoms with van der Waals surface area (Å²) in [6.45, 7) is 3.52. The van der Waals surface area contributed by atoms with Gasteiger partial charge in [0.25, 0.3) is 0 Å². The van der Waals surface area contributed by atoms with Crippen LogP contribution in [0, 0.1) is 46.2 Å². The summed E-state index contributed by atoms with van der Waals surface area (Å²) in [6, 6.07) is 7.90. The van der Waals surface area contributed by atoms with Crippen LogP contribution in [0.15, 0.2) is 49.1 Å². The van der Waals surface area contributed by atoms with Crippen molar-refractivity contribution >= 4 is 0 Å². The third-order valence-electron chi connectivity index (χ3n) is 5.32. The molecule has 0 heterocycles. The van der Waals surface area contributed by atoms with Gasteiger partial charge in [-0.25, -0.2) is 26.3 Å². The Morgan fingerprint density at radius 2 is 0.970 bits per heavy atom. The predicted molar refractivity (Wildman–Crippen MR) is 113 cm³/mol. The molecule has 33 heavy (non-hydrogen) atoms. The number of rotatable bonds is 8. The third kappa shape index (κ3) is 5.64. The molecule has 0 aromatic heterocycles. The Labute approximate surface area is 187 Å². The van der Waals surface area contributed by atoms with Crippen LogP contribution in [0.5, 0.6) is 0 Å². The van der Waals surface area contributed by atoms with Crippen LogP contribution in [0.25, 0.3) is 0 Å². The molecule has 0 amide bonds. The Kier molecular flexibility index (Phi) is 7.59. The summed E-state index contributed by atoms with van der Waals surface area (Å²) >= 11 is 0. The van der Waals surface area contributed by atoms with Crippen molar-refractivity contribution in [3.05, 3.63) is 117 Å². The van der Waals surface area contributed by atoms with Gasteiger partial charge in [-0.15, -0.1) is 6.58 Å². The molecule has 0 bridgehead atoms. The highest BCUT2D eigenvalue weighted by Crippen LogP contribution is 2.23. The molecule has 1 nitrogen and oxygen atoms in total. The number of hydrogen-bond donors (Lipinski definition) is 0. The number of hydrogen-bond acceptors (Lipinski definition) is 1. The summed E-state index contributed by atoms with van der Waals surface area (Å²) in [5.41, 5.74) is -0.348. The summed E-state index contributed by atoms with van der Waals surface area (Å²) in [6.07, 6.45) is 1.53. The maximum atomic E-state index is 14.5. The maximum absolute atomic E-state index is 14.5.